The maximum Gasteiger partial charge on any atom is 0.354 e. The van der Waals surface area contributed by atoms with Gasteiger partial charge in [0.1, 0.15) is 5.75 Å². The number of methoxy groups -OCH3 is 1. The Labute approximate surface area is 85.7 Å². The predicted molar refractivity (Wildman–Crippen MR) is 54.3 cm³/mol. The maximum absolute atomic E-state index is 10.9. The summed E-state index contributed by atoms with van der Waals surface area (Å²) in [7, 11) is 1.54. The number of aryl methyl sites for hydroxylation is 1. The van der Waals surface area contributed by atoms with Gasteiger partial charge in [0.15, 0.2) is 5.69 Å². The van der Waals surface area contributed by atoms with Crippen molar-refractivity contribution >= 4 is 16.9 Å². The molecule has 5 heteroatoms. The van der Waals surface area contributed by atoms with Gasteiger partial charge < -0.3 is 9.84 Å². The highest BCUT2D eigenvalue weighted by Crippen LogP contribution is 2.25. The topological polar surface area (TPSA) is 75.2 Å². The lowest BCUT2D eigenvalue weighted by Crippen LogP contribution is -1.97. The lowest BCUT2D eigenvalue weighted by Gasteiger charge is -2.01. The molecule has 1 aromatic carbocycles. The van der Waals surface area contributed by atoms with E-state index in [1.54, 1.807) is 13.2 Å². The van der Waals surface area contributed by atoms with Gasteiger partial charge in [-0.2, -0.15) is 5.10 Å². The molecule has 0 spiro atoms. The van der Waals surface area contributed by atoms with Crippen LogP contribution in [0.25, 0.3) is 10.9 Å². The van der Waals surface area contributed by atoms with E-state index in [-0.39, 0.29) is 5.69 Å². The first kappa shape index (κ1) is 9.51. The number of nitrogens with zero attached hydrogens (tertiary/aromatic N) is 1. The van der Waals surface area contributed by atoms with Crippen LogP contribution in [-0.2, 0) is 0 Å². The van der Waals surface area contributed by atoms with Crippen molar-refractivity contribution in [2.75, 3.05) is 7.11 Å². The molecule has 2 rings (SSSR count). The van der Waals surface area contributed by atoms with Gasteiger partial charge in [-0.05, 0) is 24.6 Å². The third-order valence-corrected chi connectivity index (χ3v) is 2.27. The standard InChI is InChI=1S/C10H10N2O3/c1-5-3-6(15-2)4-7-8(5)11-12-9(7)10(13)14/h3-4H,1-2H3,(H,11,12)(H,13,14). The molecule has 1 aromatic heterocycles. The van der Waals surface area contributed by atoms with Gasteiger partial charge in [-0.15, -0.1) is 0 Å². The van der Waals surface area contributed by atoms with Crippen LogP contribution in [0, 0.1) is 6.92 Å². The van der Waals surface area contributed by atoms with Crippen LogP contribution in [0.4, 0.5) is 0 Å². The average molecular weight is 206 g/mol. The van der Waals surface area contributed by atoms with Gasteiger partial charge in [0.2, 0.25) is 0 Å². The first-order chi connectivity index (χ1) is 7.13. The lowest BCUT2D eigenvalue weighted by molar-refractivity contribution is 0.0692. The van der Waals surface area contributed by atoms with Crippen LogP contribution in [-0.4, -0.2) is 28.4 Å². The monoisotopic (exact) mass is 206 g/mol. The summed E-state index contributed by atoms with van der Waals surface area (Å²) < 4.78 is 5.07. The molecular formula is C10H10N2O3. The third kappa shape index (κ3) is 1.41. The van der Waals surface area contributed by atoms with Crippen LogP contribution < -0.4 is 4.74 Å². The van der Waals surface area contributed by atoms with Gasteiger partial charge in [0.05, 0.1) is 12.6 Å². The van der Waals surface area contributed by atoms with Gasteiger partial charge >= 0.3 is 5.97 Å². The summed E-state index contributed by atoms with van der Waals surface area (Å²) in [5, 5.41) is 15.9. The highest BCUT2D eigenvalue weighted by molar-refractivity contribution is 6.02. The highest BCUT2D eigenvalue weighted by Gasteiger charge is 2.14. The molecule has 0 aliphatic carbocycles. The molecular weight excluding hydrogens is 196 g/mol. The minimum Gasteiger partial charge on any atom is -0.497 e. The number of nitrogens with one attached hydrogen (secondary N) is 1. The Morgan fingerprint density at radius 3 is 2.87 bits per heavy atom. The third-order valence-electron chi connectivity index (χ3n) is 2.27. The molecule has 0 aliphatic heterocycles. The average Bonchev–Trinajstić information content (AvgIpc) is 2.61. The van der Waals surface area contributed by atoms with Gasteiger partial charge in [0, 0.05) is 5.39 Å². The lowest BCUT2D eigenvalue weighted by atomic mass is 10.1. The van der Waals surface area contributed by atoms with Gasteiger partial charge in [-0.3, -0.25) is 5.10 Å². The first-order valence-corrected chi connectivity index (χ1v) is 4.39. The minimum absolute atomic E-state index is 0.0898. The molecule has 2 N–H and O–H groups in total. The van der Waals surface area contributed by atoms with Crippen molar-refractivity contribution in [3.05, 3.63) is 23.4 Å². The molecule has 0 unspecified atom stereocenters. The Kier molecular flexibility index (Phi) is 2.07. The fraction of sp³-hybridized carbons (Fsp3) is 0.200. The van der Waals surface area contributed by atoms with Crippen LogP contribution in [0.15, 0.2) is 12.1 Å². The zero-order chi connectivity index (χ0) is 11.0. The van der Waals surface area contributed by atoms with Crippen LogP contribution in [0.5, 0.6) is 5.75 Å². The summed E-state index contributed by atoms with van der Waals surface area (Å²) in [4.78, 5) is 10.9. The molecule has 15 heavy (non-hydrogen) atoms. The normalized spacial score (nSPS) is 10.5. The second-order valence-corrected chi connectivity index (χ2v) is 3.24. The summed E-state index contributed by atoms with van der Waals surface area (Å²) in [6.07, 6.45) is 0. The molecule has 0 saturated carbocycles. The second-order valence-electron chi connectivity index (χ2n) is 3.24. The molecule has 78 valence electrons. The molecule has 5 nitrogen and oxygen atoms in total. The van der Waals surface area contributed by atoms with Crippen molar-refractivity contribution in [3.8, 4) is 5.75 Å². The van der Waals surface area contributed by atoms with Crippen LogP contribution in [0.2, 0.25) is 0 Å². The maximum atomic E-state index is 10.9. The summed E-state index contributed by atoms with van der Waals surface area (Å²) in [5.41, 5.74) is 1.63. The van der Waals surface area contributed by atoms with E-state index in [4.69, 9.17) is 9.84 Å². The van der Waals surface area contributed by atoms with Crippen molar-refractivity contribution in [3.63, 3.8) is 0 Å². The fourth-order valence-corrected chi connectivity index (χ4v) is 1.54. The van der Waals surface area contributed by atoms with Gasteiger partial charge in [-0.1, -0.05) is 0 Å². The number of carboxylic acids is 1. The number of aromatic nitrogens is 2. The zero-order valence-corrected chi connectivity index (χ0v) is 8.37. The van der Waals surface area contributed by atoms with Crippen molar-refractivity contribution in [2.24, 2.45) is 0 Å². The number of rotatable bonds is 2. The first-order valence-electron chi connectivity index (χ1n) is 4.39. The van der Waals surface area contributed by atoms with E-state index in [1.807, 2.05) is 13.0 Å². The largest absolute Gasteiger partial charge is 0.497 e. The number of fused-ring (bicyclic) bond motifs is 1. The Balaban J connectivity index is 2.78. The molecule has 0 saturated heterocycles. The van der Waals surface area contributed by atoms with Crippen LogP contribution >= 0.6 is 0 Å². The van der Waals surface area contributed by atoms with Crippen molar-refractivity contribution in [1.29, 1.82) is 0 Å². The van der Waals surface area contributed by atoms with Crippen LogP contribution in [0.3, 0.4) is 0 Å². The Bertz CT molecular complexity index is 531. The zero-order valence-electron chi connectivity index (χ0n) is 8.37. The Morgan fingerprint density at radius 2 is 2.27 bits per heavy atom. The fourth-order valence-electron chi connectivity index (χ4n) is 1.54. The van der Waals surface area contributed by atoms with E-state index in [9.17, 15) is 4.79 Å². The van der Waals surface area contributed by atoms with Gasteiger partial charge in [0.25, 0.3) is 0 Å². The number of benzene rings is 1. The number of aromatic amines is 1. The molecule has 0 atom stereocenters. The Hall–Kier alpha value is -2.04. The minimum atomic E-state index is -1.02. The van der Waals surface area contributed by atoms with Gasteiger partial charge in [-0.25, -0.2) is 4.79 Å². The van der Waals surface area contributed by atoms with E-state index < -0.39 is 5.97 Å². The number of hydrogen-bond acceptors (Lipinski definition) is 3. The van der Waals surface area contributed by atoms with E-state index >= 15 is 0 Å². The van der Waals surface area contributed by atoms with E-state index in [0.717, 1.165) is 5.56 Å². The number of H-pyrrole nitrogens is 1. The number of aromatic carboxylic acids is 1. The summed E-state index contributed by atoms with van der Waals surface area (Å²) in [6.45, 7) is 1.86. The number of hydrogen-bond donors (Lipinski definition) is 2. The second kappa shape index (κ2) is 3.27. The Morgan fingerprint density at radius 1 is 1.53 bits per heavy atom. The van der Waals surface area contributed by atoms with Crippen molar-refractivity contribution in [2.45, 2.75) is 6.92 Å². The van der Waals surface area contributed by atoms with E-state index in [0.29, 0.717) is 16.7 Å². The van der Waals surface area contributed by atoms with Crippen molar-refractivity contribution < 1.29 is 14.6 Å². The number of carboxylic acid groups (broad SMARTS) is 1. The number of ether oxygens (including phenoxy) is 1. The SMILES string of the molecule is COc1cc(C)c2n[nH]c(C(=O)O)c2c1. The highest BCUT2D eigenvalue weighted by atomic mass is 16.5. The quantitative estimate of drug-likeness (QED) is 0.782. The molecule has 1 heterocycles. The van der Waals surface area contributed by atoms with E-state index in [1.165, 1.54) is 0 Å². The van der Waals surface area contributed by atoms with Crippen molar-refractivity contribution in [1.82, 2.24) is 10.2 Å². The molecule has 0 bridgehead atoms. The molecule has 0 fully saturated rings. The summed E-state index contributed by atoms with van der Waals surface area (Å²) >= 11 is 0. The molecule has 2 aromatic rings. The summed E-state index contributed by atoms with van der Waals surface area (Å²) in [5.74, 6) is -0.394. The molecule has 0 radical (unpaired) electrons. The molecule has 0 aliphatic rings. The predicted octanol–water partition coefficient (Wildman–Crippen LogP) is 1.58. The smallest absolute Gasteiger partial charge is 0.354 e. The van der Waals surface area contributed by atoms with Crippen LogP contribution in [0.1, 0.15) is 16.1 Å². The molecule has 0 amide bonds. The number of carbonyl (C=O) groups is 1. The van der Waals surface area contributed by atoms with E-state index in [2.05, 4.69) is 10.2 Å². The summed E-state index contributed by atoms with van der Waals surface area (Å²) in [6, 6.07) is 3.48.